The predicted molar refractivity (Wildman–Crippen MR) is 113 cm³/mol. The van der Waals surface area contributed by atoms with E-state index in [9.17, 15) is 4.79 Å². The molecule has 0 amide bonds. The van der Waals surface area contributed by atoms with Crippen molar-refractivity contribution in [3.63, 3.8) is 0 Å². The Labute approximate surface area is 164 Å². The van der Waals surface area contributed by atoms with E-state index in [4.69, 9.17) is 4.74 Å². The number of rotatable bonds is 12. The van der Waals surface area contributed by atoms with Gasteiger partial charge in [-0.25, -0.2) is 0 Å². The predicted octanol–water partition coefficient (Wildman–Crippen LogP) is 6.36. The molecule has 0 radical (unpaired) electrons. The molecule has 0 aromatic heterocycles. The molecule has 0 fully saturated rings. The second kappa shape index (κ2) is 9.57. The van der Waals surface area contributed by atoms with Crippen molar-refractivity contribution in [2.24, 2.45) is 16.2 Å². The molecule has 0 aliphatic rings. The SMILES string of the molecule is CCC(C)(C)CC(C)(C(=O)OC(C)(CC)CCNC(C)C)C(C)(C)CC. The molecule has 2 atom stereocenters. The first kappa shape index (κ1) is 25.4. The van der Waals surface area contributed by atoms with Crippen LogP contribution in [-0.2, 0) is 9.53 Å². The highest BCUT2D eigenvalue weighted by Gasteiger charge is 2.51. The van der Waals surface area contributed by atoms with Crippen LogP contribution in [0.1, 0.15) is 108 Å². The second-order valence-corrected chi connectivity index (χ2v) is 10.3. The molecule has 3 nitrogen and oxygen atoms in total. The molecule has 0 saturated carbocycles. The van der Waals surface area contributed by atoms with Crippen molar-refractivity contribution in [2.75, 3.05) is 6.54 Å². The molecule has 0 heterocycles. The number of carbonyl (C=O) groups excluding carboxylic acids is 1. The maximum Gasteiger partial charge on any atom is 0.312 e. The number of ether oxygens (including phenoxy) is 1. The lowest BCUT2D eigenvalue weighted by Crippen LogP contribution is -2.49. The van der Waals surface area contributed by atoms with Gasteiger partial charge in [-0.2, -0.15) is 0 Å². The Kier molecular flexibility index (Phi) is 9.36. The average Bonchev–Trinajstić information content (AvgIpc) is 2.53. The van der Waals surface area contributed by atoms with Crippen LogP contribution in [0.15, 0.2) is 0 Å². The Morgan fingerprint density at radius 3 is 1.85 bits per heavy atom. The molecule has 2 unspecified atom stereocenters. The van der Waals surface area contributed by atoms with Crippen LogP contribution >= 0.6 is 0 Å². The van der Waals surface area contributed by atoms with Gasteiger partial charge in [-0.15, -0.1) is 0 Å². The van der Waals surface area contributed by atoms with Crippen LogP contribution < -0.4 is 5.32 Å². The van der Waals surface area contributed by atoms with E-state index in [0.717, 1.165) is 38.6 Å². The monoisotopic (exact) mass is 369 g/mol. The minimum Gasteiger partial charge on any atom is -0.459 e. The molecule has 0 aliphatic heterocycles. The van der Waals surface area contributed by atoms with E-state index >= 15 is 0 Å². The highest BCUT2D eigenvalue weighted by Crippen LogP contribution is 2.51. The molecule has 26 heavy (non-hydrogen) atoms. The van der Waals surface area contributed by atoms with Gasteiger partial charge < -0.3 is 10.1 Å². The smallest absolute Gasteiger partial charge is 0.312 e. The fraction of sp³-hybridized carbons (Fsp3) is 0.957. The van der Waals surface area contributed by atoms with Gasteiger partial charge in [0, 0.05) is 6.04 Å². The lowest BCUT2D eigenvalue weighted by atomic mass is 9.58. The van der Waals surface area contributed by atoms with Crippen LogP contribution in [0.4, 0.5) is 0 Å². The molecule has 3 heteroatoms. The van der Waals surface area contributed by atoms with Crippen molar-refractivity contribution < 1.29 is 9.53 Å². The maximum atomic E-state index is 13.5. The molecule has 0 aliphatic carbocycles. The Morgan fingerprint density at radius 2 is 1.46 bits per heavy atom. The summed E-state index contributed by atoms with van der Waals surface area (Å²) < 4.78 is 6.23. The zero-order chi connectivity index (χ0) is 20.8. The van der Waals surface area contributed by atoms with E-state index in [1.165, 1.54) is 0 Å². The van der Waals surface area contributed by atoms with Gasteiger partial charge in [-0.3, -0.25) is 4.79 Å². The van der Waals surface area contributed by atoms with Crippen molar-refractivity contribution in [1.29, 1.82) is 0 Å². The number of nitrogens with one attached hydrogen (secondary N) is 1. The third-order valence-corrected chi connectivity index (χ3v) is 6.91. The number of esters is 1. The number of hydrogen-bond donors (Lipinski definition) is 1. The highest BCUT2D eigenvalue weighted by molar-refractivity contribution is 5.78. The Hall–Kier alpha value is -0.570. The summed E-state index contributed by atoms with van der Waals surface area (Å²) in [5, 5.41) is 3.44. The molecule has 1 N–H and O–H groups in total. The summed E-state index contributed by atoms with van der Waals surface area (Å²) in [6, 6.07) is 0.446. The van der Waals surface area contributed by atoms with Crippen LogP contribution in [0, 0.1) is 16.2 Å². The van der Waals surface area contributed by atoms with E-state index in [0.29, 0.717) is 6.04 Å². The first-order valence-electron chi connectivity index (χ1n) is 10.7. The van der Waals surface area contributed by atoms with Crippen LogP contribution in [0.2, 0.25) is 0 Å². The molecule has 0 saturated heterocycles. The van der Waals surface area contributed by atoms with Crippen LogP contribution in [0.25, 0.3) is 0 Å². The molecule has 0 spiro atoms. The van der Waals surface area contributed by atoms with Crippen molar-refractivity contribution in [3.05, 3.63) is 0 Å². The summed E-state index contributed by atoms with van der Waals surface area (Å²) in [7, 11) is 0. The molecule has 0 bridgehead atoms. The lowest BCUT2D eigenvalue weighted by molar-refractivity contribution is -0.182. The van der Waals surface area contributed by atoms with E-state index < -0.39 is 11.0 Å². The lowest BCUT2D eigenvalue weighted by Gasteiger charge is -2.47. The quantitative estimate of drug-likeness (QED) is 0.407. The molecule has 0 aromatic rings. The molecule has 156 valence electrons. The van der Waals surface area contributed by atoms with Gasteiger partial charge in [0.05, 0.1) is 5.41 Å². The van der Waals surface area contributed by atoms with E-state index in [2.05, 4.69) is 81.5 Å². The maximum absolute atomic E-state index is 13.5. The summed E-state index contributed by atoms with van der Waals surface area (Å²) in [4.78, 5) is 13.5. The van der Waals surface area contributed by atoms with Gasteiger partial charge in [-0.1, -0.05) is 68.7 Å². The van der Waals surface area contributed by atoms with Gasteiger partial charge in [0.25, 0.3) is 0 Å². The third-order valence-electron chi connectivity index (χ3n) is 6.91. The van der Waals surface area contributed by atoms with Crippen LogP contribution in [-0.4, -0.2) is 24.2 Å². The van der Waals surface area contributed by atoms with Gasteiger partial charge in [0.1, 0.15) is 5.60 Å². The van der Waals surface area contributed by atoms with Gasteiger partial charge in [-0.05, 0) is 56.9 Å². The zero-order valence-corrected chi connectivity index (χ0v) is 19.6. The fourth-order valence-corrected chi connectivity index (χ4v) is 3.32. The summed E-state index contributed by atoms with van der Waals surface area (Å²) in [6.07, 6.45) is 4.53. The fourth-order valence-electron chi connectivity index (χ4n) is 3.32. The molecular formula is C23H47NO2. The van der Waals surface area contributed by atoms with Gasteiger partial charge >= 0.3 is 5.97 Å². The Bertz CT molecular complexity index is 441. The number of carbonyl (C=O) groups is 1. The summed E-state index contributed by atoms with van der Waals surface area (Å²) in [5.41, 5.74) is -0.910. The normalized spacial score (nSPS) is 17.7. The summed E-state index contributed by atoms with van der Waals surface area (Å²) >= 11 is 0. The summed E-state index contributed by atoms with van der Waals surface area (Å²) in [6.45, 7) is 24.8. The van der Waals surface area contributed by atoms with Crippen molar-refractivity contribution in [1.82, 2.24) is 5.32 Å². The average molecular weight is 370 g/mol. The van der Waals surface area contributed by atoms with Gasteiger partial charge in [0.2, 0.25) is 0 Å². The first-order chi connectivity index (χ1) is 11.7. The topological polar surface area (TPSA) is 38.3 Å². The van der Waals surface area contributed by atoms with Gasteiger partial charge in [0.15, 0.2) is 0 Å². The minimum absolute atomic E-state index is 0.0280. The van der Waals surface area contributed by atoms with Crippen molar-refractivity contribution in [2.45, 2.75) is 120 Å². The zero-order valence-electron chi connectivity index (χ0n) is 19.6. The Morgan fingerprint density at radius 1 is 0.923 bits per heavy atom. The Balaban J connectivity index is 5.52. The third kappa shape index (κ3) is 6.87. The van der Waals surface area contributed by atoms with Crippen molar-refractivity contribution in [3.8, 4) is 0 Å². The highest BCUT2D eigenvalue weighted by atomic mass is 16.6. The van der Waals surface area contributed by atoms with E-state index in [-0.39, 0.29) is 16.8 Å². The molecule has 0 aromatic carbocycles. The largest absolute Gasteiger partial charge is 0.459 e. The van der Waals surface area contributed by atoms with Crippen molar-refractivity contribution >= 4 is 5.97 Å². The molecule has 0 rings (SSSR count). The minimum atomic E-state index is -0.497. The van der Waals surface area contributed by atoms with E-state index in [1.54, 1.807) is 0 Å². The summed E-state index contributed by atoms with van der Waals surface area (Å²) in [5.74, 6) is -0.0280. The standard InChI is InChI=1S/C23H47NO2/c1-12-20(6,7)17-23(11,21(8,9)13-2)19(25)26-22(10,14-3)15-16-24-18(4)5/h18,24H,12-17H2,1-11H3. The van der Waals surface area contributed by atoms with Crippen LogP contribution in [0.3, 0.4) is 0 Å². The number of hydrogen-bond acceptors (Lipinski definition) is 3. The van der Waals surface area contributed by atoms with Crippen LogP contribution in [0.5, 0.6) is 0 Å². The van der Waals surface area contributed by atoms with E-state index in [1.807, 2.05) is 0 Å². The second-order valence-electron chi connectivity index (χ2n) is 10.3. The molecular weight excluding hydrogens is 322 g/mol. The first-order valence-corrected chi connectivity index (χ1v) is 10.7.